The van der Waals surface area contributed by atoms with Gasteiger partial charge in [-0.15, -0.1) is 0 Å². The van der Waals surface area contributed by atoms with Crippen molar-refractivity contribution in [3.63, 3.8) is 0 Å². The van der Waals surface area contributed by atoms with Crippen molar-refractivity contribution >= 4 is 11.9 Å². The van der Waals surface area contributed by atoms with E-state index in [4.69, 9.17) is 0 Å². The number of rotatable bonds is 2. The smallest absolute Gasteiger partial charge is 0.319 e. The third kappa shape index (κ3) is 2.17. The molecule has 3 N–H and O–H groups in total. The molecule has 1 aromatic rings. The maximum atomic E-state index is 11.9. The highest BCUT2D eigenvalue weighted by molar-refractivity contribution is 5.98. The Kier molecular flexibility index (Phi) is 3.27. The van der Waals surface area contributed by atoms with E-state index in [0.29, 0.717) is 11.3 Å². The SMILES string of the molecule is CNC(=O)C1=C(C)NC(=O)NC1c1ccncc1. The predicted molar refractivity (Wildman–Crippen MR) is 65.4 cm³/mol. The maximum absolute atomic E-state index is 11.9. The van der Waals surface area contributed by atoms with Crippen molar-refractivity contribution in [3.8, 4) is 0 Å². The van der Waals surface area contributed by atoms with Gasteiger partial charge in [-0.25, -0.2) is 4.79 Å². The molecule has 0 aromatic carbocycles. The summed E-state index contributed by atoms with van der Waals surface area (Å²) in [5.41, 5.74) is 1.88. The molecule has 0 aliphatic carbocycles. The largest absolute Gasteiger partial charge is 0.355 e. The van der Waals surface area contributed by atoms with Gasteiger partial charge in [0.15, 0.2) is 0 Å². The van der Waals surface area contributed by atoms with Gasteiger partial charge in [0.1, 0.15) is 0 Å². The first-order valence-electron chi connectivity index (χ1n) is 5.53. The maximum Gasteiger partial charge on any atom is 0.319 e. The molecule has 6 heteroatoms. The Labute approximate surface area is 104 Å². The number of nitrogens with zero attached hydrogens (tertiary/aromatic N) is 1. The molecule has 3 amide bonds. The number of allylic oxidation sites excluding steroid dienone is 1. The first-order valence-corrected chi connectivity index (χ1v) is 5.53. The second-order valence-corrected chi connectivity index (χ2v) is 3.93. The second kappa shape index (κ2) is 4.87. The number of amides is 3. The summed E-state index contributed by atoms with van der Waals surface area (Å²) in [6.45, 7) is 1.71. The Morgan fingerprint density at radius 1 is 1.39 bits per heavy atom. The number of aromatic nitrogens is 1. The lowest BCUT2D eigenvalue weighted by Crippen LogP contribution is -2.46. The van der Waals surface area contributed by atoms with Gasteiger partial charge in [-0.2, -0.15) is 0 Å². The monoisotopic (exact) mass is 246 g/mol. The zero-order chi connectivity index (χ0) is 13.1. The van der Waals surface area contributed by atoms with Crippen LogP contribution in [-0.4, -0.2) is 24.0 Å². The number of likely N-dealkylation sites (N-methyl/N-ethyl adjacent to an activating group) is 1. The van der Waals surface area contributed by atoms with Gasteiger partial charge in [-0.1, -0.05) is 0 Å². The van der Waals surface area contributed by atoms with Crippen molar-refractivity contribution in [2.75, 3.05) is 7.05 Å². The van der Waals surface area contributed by atoms with E-state index in [1.165, 1.54) is 0 Å². The molecule has 2 rings (SSSR count). The van der Waals surface area contributed by atoms with E-state index >= 15 is 0 Å². The predicted octanol–water partition coefficient (Wildman–Crippen LogP) is 0.455. The summed E-state index contributed by atoms with van der Waals surface area (Å²) in [5, 5.41) is 7.91. The van der Waals surface area contributed by atoms with Gasteiger partial charge in [0, 0.05) is 25.1 Å². The van der Waals surface area contributed by atoms with Crippen LogP contribution in [0.2, 0.25) is 0 Å². The minimum atomic E-state index is -0.457. The molecule has 1 aromatic heterocycles. The summed E-state index contributed by atoms with van der Waals surface area (Å²) >= 11 is 0. The molecule has 0 saturated heterocycles. The minimum absolute atomic E-state index is 0.221. The van der Waals surface area contributed by atoms with Crippen LogP contribution in [0.15, 0.2) is 35.8 Å². The quantitative estimate of drug-likeness (QED) is 0.708. The van der Waals surface area contributed by atoms with Gasteiger partial charge in [0.05, 0.1) is 11.6 Å². The van der Waals surface area contributed by atoms with Gasteiger partial charge in [-0.05, 0) is 24.6 Å². The molecule has 0 saturated carbocycles. The molecule has 94 valence electrons. The fraction of sp³-hybridized carbons (Fsp3) is 0.250. The summed E-state index contributed by atoms with van der Waals surface area (Å²) in [5.74, 6) is -0.221. The highest BCUT2D eigenvalue weighted by Crippen LogP contribution is 2.25. The summed E-state index contributed by atoms with van der Waals surface area (Å²) in [4.78, 5) is 27.3. The first kappa shape index (κ1) is 12.1. The molecule has 1 aliphatic rings. The lowest BCUT2D eigenvalue weighted by atomic mass is 9.96. The van der Waals surface area contributed by atoms with Crippen LogP contribution in [0.3, 0.4) is 0 Å². The third-order valence-electron chi connectivity index (χ3n) is 2.78. The van der Waals surface area contributed by atoms with Crippen molar-refractivity contribution < 1.29 is 9.59 Å². The number of carbonyl (C=O) groups is 2. The van der Waals surface area contributed by atoms with Gasteiger partial charge in [-0.3, -0.25) is 9.78 Å². The van der Waals surface area contributed by atoms with E-state index in [1.54, 1.807) is 38.5 Å². The van der Waals surface area contributed by atoms with Crippen LogP contribution in [0.25, 0.3) is 0 Å². The van der Waals surface area contributed by atoms with Crippen molar-refractivity contribution in [2.45, 2.75) is 13.0 Å². The normalized spacial score (nSPS) is 19.0. The third-order valence-corrected chi connectivity index (χ3v) is 2.78. The van der Waals surface area contributed by atoms with Gasteiger partial charge >= 0.3 is 6.03 Å². The number of hydrogen-bond acceptors (Lipinski definition) is 3. The average molecular weight is 246 g/mol. The topological polar surface area (TPSA) is 83.1 Å². The molecule has 1 atom stereocenters. The molecule has 0 bridgehead atoms. The minimum Gasteiger partial charge on any atom is -0.355 e. The number of carbonyl (C=O) groups excluding carboxylic acids is 2. The van der Waals surface area contributed by atoms with Crippen LogP contribution in [0.1, 0.15) is 18.5 Å². The molecule has 1 aliphatic heterocycles. The molecule has 0 radical (unpaired) electrons. The average Bonchev–Trinajstić information content (AvgIpc) is 2.38. The molecule has 0 spiro atoms. The van der Waals surface area contributed by atoms with Crippen molar-refractivity contribution in [1.82, 2.24) is 20.9 Å². The highest BCUT2D eigenvalue weighted by atomic mass is 16.2. The van der Waals surface area contributed by atoms with Crippen LogP contribution in [0.5, 0.6) is 0 Å². The zero-order valence-corrected chi connectivity index (χ0v) is 10.2. The fourth-order valence-corrected chi connectivity index (χ4v) is 1.94. The lowest BCUT2D eigenvalue weighted by molar-refractivity contribution is -0.117. The molecule has 18 heavy (non-hydrogen) atoms. The van der Waals surface area contributed by atoms with E-state index in [-0.39, 0.29) is 11.9 Å². The van der Waals surface area contributed by atoms with E-state index in [2.05, 4.69) is 20.9 Å². The van der Waals surface area contributed by atoms with Crippen molar-refractivity contribution in [3.05, 3.63) is 41.4 Å². The Hall–Kier alpha value is -2.37. The molecule has 0 fully saturated rings. The number of urea groups is 1. The number of pyridine rings is 1. The van der Waals surface area contributed by atoms with Crippen molar-refractivity contribution in [1.29, 1.82) is 0 Å². The van der Waals surface area contributed by atoms with Crippen LogP contribution < -0.4 is 16.0 Å². The molecule has 2 heterocycles. The van der Waals surface area contributed by atoms with E-state index in [0.717, 1.165) is 5.56 Å². The fourth-order valence-electron chi connectivity index (χ4n) is 1.94. The molecule has 1 unspecified atom stereocenters. The van der Waals surface area contributed by atoms with Crippen molar-refractivity contribution in [2.24, 2.45) is 0 Å². The van der Waals surface area contributed by atoms with E-state index in [9.17, 15) is 9.59 Å². The van der Waals surface area contributed by atoms with Gasteiger partial charge < -0.3 is 16.0 Å². The second-order valence-electron chi connectivity index (χ2n) is 3.93. The number of nitrogens with one attached hydrogen (secondary N) is 3. The molecule has 6 nitrogen and oxygen atoms in total. The summed E-state index contributed by atoms with van der Waals surface area (Å²) in [6.07, 6.45) is 3.25. The Bertz CT molecular complexity index is 510. The van der Waals surface area contributed by atoms with Gasteiger partial charge in [0.2, 0.25) is 0 Å². The Morgan fingerprint density at radius 2 is 2.06 bits per heavy atom. The van der Waals surface area contributed by atoms with Crippen LogP contribution in [0.4, 0.5) is 4.79 Å². The zero-order valence-electron chi connectivity index (χ0n) is 10.2. The Balaban J connectivity index is 2.46. The van der Waals surface area contributed by atoms with E-state index < -0.39 is 6.04 Å². The van der Waals surface area contributed by atoms with Crippen LogP contribution in [-0.2, 0) is 4.79 Å². The molecular weight excluding hydrogens is 232 g/mol. The Morgan fingerprint density at radius 3 is 2.67 bits per heavy atom. The van der Waals surface area contributed by atoms with Gasteiger partial charge in [0.25, 0.3) is 5.91 Å². The van der Waals surface area contributed by atoms with Crippen LogP contribution in [0, 0.1) is 0 Å². The highest BCUT2D eigenvalue weighted by Gasteiger charge is 2.30. The first-order chi connectivity index (χ1) is 8.63. The molecular formula is C12H14N4O2. The summed E-state index contributed by atoms with van der Waals surface area (Å²) in [6, 6.07) is 2.77. The van der Waals surface area contributed by atoms with Crippen LogP contribution >= 0.6 is 0 Å². The van der Waals surface area contributed by atoms with E-state index in [1.807, 2.05) is 0 Å². The standard InChI is InChI=1S/C12H14N4O2/c1-7-9(11(17)13-2)10(16-12(18)15-7)8-3-5-14-6-4-8/h3-6,10H,1-2H3,(H,13,17)(H2,15,16,18). The lowest BCUT2D eigenvalue weighted by Gasteiger charge is -2.28. The summed E-state index contributed by atoms with van der Waals surface area (Å²) < 4.78 is 0. The summed E-state index contributed by atoms with van der Waals surface area (Å²) in [7, 11) is 1.56. The number of hydrogen-bond donors (Lipinski definition) is 3.